The number of nitrogens with zero attached hydrogens (tertiary/aromatic N) is 2. The number of hydrogen-bond donors (Lipinski definition) is 2. The minimum atomic E-state index is -1.16. The summed E-state index contributed by atoms with van der Waals surface area (Å²) >= 11 is 0. The van der Waals surface area contributed by atoms with E-state index >= 15 is 0 Å². The molecular formula is C13H23N3O4. The van der Waals surface area contributed by atoms with Crippen LogP contribution in [0.15, 0.2) is 0 Å². The Bertz CT molecular complexity index is 370. The van der Waals surface area contributed by atoms with Crippen LogP contribution in [0.2, 0.25) is 0 Å². The van der Waals surface area contributed by atoms with Gasteiger partial charge in [0, 0.05) is 13.1 Å². The van der Waals surface area contributed by atoms with Crippen molar-refractivity contribution in [2.24, 2.45) is 11.7 Å². The van der Waals surface area contributed by atoms with Gasteiger partial charge in [-0.25, -0.2) is 4.79 Å². The molecule has 1 aliphatic rings. The highest BCUT2D eigenvalue weighted by Crippen LogP contribution is 2.27. The van der Waals surface area contributed by atoms with Gasteiger partial charge in [-0.15, -0.1) is 0 Å². The summed E-state index contributed by atoms with van der Waals surface area (Å²) in [6.45, 7) is 1.25. The fourth-order valence-electron chi connectivity index (χ4n) is 2.68. The van der Waals surface area contributed by atoms with Crippen LogP contribution in [0.1, 0.15) is 32.6 Å². The molecule has 0 aliphatic heterocycles. The summed E-state index contributed by atoms with van der Waals surface area (Å²) in [5.41, 5.74) is 5.06. The van der Waals surface area contributed by atoms with Gasteiger partial charge in [-0.1, -0.05) is 19.8 Å². The zero-order valence-corrected chi connectivity index (χ0v) is 12.0. The van der Waals surface area contributed by atoms with Crippen molar-refractivity contribution in [1.82, 2.24) is 9.80 Å². The molecule has 2 unspecified atom stereocenters. The van der Waals surface area contributed by atoms with Crippen LogP contribution in [0.3, 0.4) is 0 Å². The van der Waals surface area contributed by atoms with E-state index in [0.29, 0.717) is 5.92 Å². The Morgan fingerprint density at radius 2 is 1.90 bits per heavy atom. The van der Waals surface area contributed by atoms with E-state index in [1.807, 2.05) is 0 Å². The van der Waals surface area contributed by atoms with Crippen molar-refractivity contribution in [1.29, 1.82) is 0 Å². The van der Waals surface area contributed by atoms with Crippen LogP contribution in [-0.2, 0) is 9.59 Å². The van der Waals surface area contributed by atoms with E-state index in [2.05, 4.69) is 6.92 Å². The van der Waals surface area contributed by atoms with Crippen LogP contribution in [0.25, 0.3) is 0 Å². The lowest BCUT2D eigenvalue weighted by molar-refractivity contribution is -0.138. The second kappa shape index (κ2) is 7.12. The highest BCUT2D eigenvalue weighted by atomic mass is 16.4. The smallest absolute Gasteiger partial charge is 0.323 e. The Balaban J connectivity index is 2.71. The summed E-state index contributed by atoms with van der Waals surface area (Å²) in [6.07, 6.45) is 4.01. The normalized spacial score (nSPS) is 22.1. The van der Waals surface area contributed by atoms with E-state index < -0.39 is 24.5 Å². The third-order valence-corrected chi connectivity index (χ3v) is 3.70. The summed E-state index contributed by atoms with van der Waals surface area (Å²) in [5, 5.41) is 8.82. The number of amides is 3. The zero-order chi connectivity index (χ0) is 15.3. The summed E-state index contributed by atoms with van der Waals surface area (Å²) < 4.78 is 0. The summed E-state index contributed by atoms with van der Waals surface area (Å²) in [7, 11) is 1.65. The lowest BCUT2D eigenvalue weighted by Crippen LogP contribution is -2.51. The number of rotatable bonds is 5. The molecule has 7 heteroatoms. The lowest BCUT2D eigenvalue weighted by Gasteiger charge is -2.36. The van der Waals surface area contributed by atoms with Crippen LogP contribution in [0, 0.1) is 5.92 Å². The summed E-state index contributed by atoms with van der Waals surface area (Å²) in [5.74, 6) is -1.33. The van der Waals surface area contributed by atoms with Crippen molar-refractivity contribution in [3.8, 4) is 0 Å². The standard InChI is InChI=1S/C13H23N3O4/c1-9-4-3-5-10(6-9)15(2)13(20)16(7-11(14)17)8-12(18)19/h9-10H,3-8H2,1-2H3,(H2,14,17)(H,18,19). The Morgan fingerprint density at radius 3 is 2.40 bits per heavy atom. The number of hydrogen-bond acceptors (Lipinski definition) is 3. The third-order valence-electron chi connectivity index (χ3n) is 3.70. The lowest BCUT2D eigenvalue weighted by atomic mass is 9.86. The van der Waals surface area contributed by atoms with Gasteiger partial charge in [0.1, 0.15) is 13.1 Å². The number of carbonyl (C=O) groups excluding carboxylic acids is 2. The predicted octanol–water partition coefficient (Wildman–Crippen LogP) is 0.489. The molecule has 1 fully saturated rings. The molecule has 0 aromatic heterocycles. The molecule has 0 aromatic carbocycles. The van der Waals surface area contributed by atoms with E-state index in [1.54, 1.807) is 11.9 Å². The van der Waals surface area contributed by atoms with Gasteiger partial charge in [0.2, 0.25) is 5.91 Å². The first kappa shape index (κ1) is 16.3. The average Bonchev–Trinajstić information content (AvgIpc) is 2.35. The first-order valence-electron chi connectivity index (χ1n) is 6.83. The van der Waals surface area contributed by atoms with Crippen molar-refractivity contribution in [2.45, 2.75) is 38.6 Å². The number of primary amides is 1. The fourth-order valence-corrected chi connectivity index (χ4v) is 2.68. The molecule has 0 heterocycles. The second-order valence-corrected chi connectivity index (χ2v) is 5.54. The molecule has 114 valence electrons. The quantitative estimate of drug-likeness (QED) is 0.767. The van der Waals surface area contributed by atoms with E-state index in [-0.39, 0.29) is 12.6 Å². The van der Waals surface area contributed by atoms with Gasteiger partial charge in [-0.3, -0.25) is 9.59 Å². The first-order chi connectivity index (χ1) is 9.31. The molecule has 1 saturated carbocycles. The number of aliphatic carboxylic acids is 1. The van der Waals surface area contributed by atoms with Crippen molar-refractivity contribution < 1.29 is 19.5 Å². The van der Waals surface area contributed by atoms with Crippen molar-refractivity contribution in [3.63, 3.8) is 0 Å². The first-order valence-corrected chi connectivity index (χ1v) is 6.83. The molecular weight excluding hydrogens is 262 g/mol. The second-order valence-electron chi connectivity index (χ2n) is 5.54. The minimum Gasteiger partial charge on any atom is -0.480 e. The maximum absolute atomic E-state index is 12.3. The van der Waals surface area contributed by atoms with E-state index in [1.165, 1.54) is 0 Å². The molecule has 7 nitrogen and oxygen atoms in total. The van der Waals surface area contributed by atoms with E-state index in [0.717, 1.165) is 30.6 Å². The molecule has 20 heavy (non-hydrogen) atoms. The Morgan fingerprint density at radius 1 is 1.25 bits per heavy atom. The van der Waals surface area contributed by atoms with E-state index in [4.69, 9.17) is 10.8 Å². The highest BCUT2D eigenvalue weighted by molar-refractivity contribution is 5.86. The van der Waals surface area contributed by atoms with Crippen LogP contribution in [0.5, 0.6) is 0 Å². The Hall–Kier alpha value is -1.79. The van der Waals surface area contributed by atoms with Crippen LogP contribution < -0.4 is 5.73 Å². The van der Waals surface area contributed by atoms with Gasteiger partial charge in [0.05, 0.1) is 0 Å². The van der Waals surface area contributed by atoms with Crippen molar-refractivity contribution >= 4 is 17.9 Å². The van der Waals surface area contributed by atoms with Crippen LogP contribution in [0.4, 0.5) is 4.79 Å². The number of carboxylic acids is 1. The molecule has 0 radical (unpaired) electrons. The molecule has 0 saturated heterocycles. The Kier molecular flexibility index (Phi) is 5.79. The van der Waals surface area contributed by atoms with Crippen LogP contribution >= 0.6 is 0 Å². The molecule has 3 N–H and O–H groups in total. The maximum Gasteiger partial charge on any atom is 0.323 e. The van der Waals surface area contributed by atoms with Gasteiger partial charge < -0.3 is 20.6 Å². The predicted molar refractivity (Wildman–Crippen MR) is 73.0 cm³/mol. The van der Waals surface area contributed by atoms with Crippen LogP contribution in [-0.4, -0.2) is 59.0 Å². The van der Waals surface area contributed by atoms with Crippen molar-refractivity contribution in [3.05, 3.63) is 0 Å². The molecule has 0 aromatic rings. The zero-order valence-electron chi connectivity index (χ0n) is 12.0. The van der Waals surface area contributed by atoms with E-state index in [9.17, 15) is 14.4 Å². The SMILES string of the molecule is CC1CCCC(N(C)C(=O)N(CC(N)=O)CC(=O)O)C1. The monoisotopic (exact) mass is 285 g/mol. The number of carbonyl (C=O) groups is 3. The van der Waals surface area contributed by atoms with Gasteiger partial charge in [-0.2, -0.15) is 0 Å². The third kappa shape index (κ3) is 4.71. The molecule has 1 rings (SSSR count). The van der Waals surface area contributed by atoms with Gasteiger partial charge in [0.25, 0.3) is 0 Å². The van der Waals surface area contributed by atoms with Gasteiger partial charge in [-0.05, 0) is 18.8 Å². The number of carboxylic acid groups (broad SMARTS) is 1. The number of urea groups is 1. The fraction of sp³-hybridized carbons (Fsp3) is 0.769. The topological polar surface area (TPSA) is 104 Å². The van der Waals surface area contributed by atoms with Crippen molar-refractivity contribution in [2.75, 3.05) is 20.1 Å². The molecule has 0 spiro atoms. The molecule has 2 atom stereocenters. The van der Waals surface area contributed by atoms with Gasteiger partial charge >= 0.3 is 12.0 Å². The minimum absolute atomic E-state index is 0.0930. The molecule has 1 aliphatic carbocycles. The molecule has 0 bridgehead atoms. The molecule has 3 amide bonds. The Labute approximate surface area is 118 Å². The summed E-state index contributed by atoms with van der Waals surface area (Å²) in [6, 6.07) is -0.360. The maximum atomic E-state index is 12.3. The number of nitrogens with two attached hydrogens (primary N) is 1. The summed E-state index contributed by atoms with van der Waals surface area (Å²) in [4.78, 5) is 36.6. The largest absolute Gasteiger partial charge is 0.480 e. The average molecular weight is 285 g/mol. The highest BCUT2D eigenvalue weighted by Gasteiger charge is 2.29. The van der Waals surface area contributed by atoms with Gasteiger partial charge in [0.15, 0.2) is 0 Å².